The van der Waals surface area contributed by atoms with Crippen LogP contribution in [0.4, 0.5) is 0 Å². The third-order valence-electron chi connectivity index (χ3n) is 6.81. The standard InChI is InChI=1S/C28H26N2O5S/c1-17-4-10-25-21(12-17)23(15-29-25)28(36(32,33)34,14-19-6-8-20(9-7-19)27(31)35-3)24-16-30-26-11-5-18(2)13-22(24)26/h4-13,15-16,29-30H,14H2,1-3H3,(H,32,33,34). The van der Waals surface area contributed by atoms with Crippen LogP contribution in [-0.2, 0) is 26.0 Å². The molecule has 2 heterocycles. The number of methoxy groups -OCH3 is 1. The third kappa shape index (κ3) is 3.79. The smallest absolute Gasteiger partial charge is 0.337 e. The lowest BCUT2D eigenvalue weighted by molar-refractivity contribution is 0.0600. The normalized spacial score (nSPS) is 12.3. The van der Waals surface area contributed by atoms with Crippen molar-refractivity contribution in [3.8, 4) is 0 Å². The number of carbonyl (C=O) groups excluding carboxylic acids is 1. The van der Waals surface area contributed by atoms with E-state index in [4.69, 9.17) is 4.74 Å². The number of hydrogen-bond donors (Lipinski definition) is 3. The van der Waals surface area contributed by atoms with E-state index in [0.717, 1.165) is 22.2 Å². The third-order valence-corrected chi connectivity index (χ3v) is 8.28. The van der Waals surface area contributed by atoms with Gasteiger partial charge in [0.15, 0.2) is 4.75 Å². The van der Waals surface area contributed by atoms with Crippen LogP contribution in [0.25, 0.3) is 21.8 Å². The Morgan fingerprint density at radius 2 is 1.36 bits per heavy atom. The van der Waals surface area contributed by atoms with Crippen LogP contribution in [0.15, 0.2) is 73.1 Å². The second-order valence-corrected chi connectivity index (χ2v) is 10.8. The second kappa shape index (κ2) is 8.65. The van der Waals surface area contributed by atoms with E-state index in [1.165, 1.54) is 7.11 Å². The molecule has 0 bridgehead atoms. The summed E-state index contributed by atoms with van der Waals surface area (Å²) in [6.45, 7) is 3.87. The Labute approximate surface area is 208 Å². The zero-order valence-corrected chi connectivity index (χ0v) is 20.9. The van der Waals surface area contributed by atoms with Crippen molar-refractivity contribution in [2.24, 2.45) is 0 Å². The minimum absolute atomic E-state index is 0.0604. The van der Waals surface area contributed by atoms with Gasteiger partial charge in [0.05, 0.1) is 12.7 Å². The highest BCUT2D eigenvalue weighted by Gasteiger charge is 2.49. The number of aromatic nitrogens is 2. The molecule has 0 aliphatic heterocycles. The van der Waals surface area contributed by atoms with Gasteiger partial charge in [-0.05, 0) is 55.8 Å². The van der Waals surface area contributed by atoms with Crippen molar-refractivity contribution in [3.05, 3.63) is 106 Å². The molecule has 5 rings (SSSR count). The lowest BCUT2D eigenvalue weighted by Crippen LogP contribution is -2.39. The first-order valence-corrected chi connectivity index (χ1v) is 12.9. The first kappa shape index (κ1) is 23.8. The van der Waals surface area contributed by atoms with E-state index >= 15 is 0 Å². The predicted octanol–water partition coefficient (Wildman–Crippen LogP) is 5.43. The summed E-state index contributed by atoms with van der Waals surface area (Å²) in [5.74, 6) is -0.484. The Morgan fingerprint density at radius 1 is 0.861 bits per heavy atom. The topological polar surface area (TPSA) is 112 Å². The summed E-state index contributed by atoms with van der Waals surface area (Å²) < 4.78 is 41.2. The van der Waals surface area contributed by atoms with Crippen molar-refractivity contribution in [2.45, 2.75) is 25.0 Å². The molecule has 0 amide bonds. The number of hydrogen-bond acceptors (Lipinski definition) is 4. The molecule has 8 heteroatoms. The molecule has 0 unspecified atom stereocenters. The Bertz CT molecular complexity index is 1630. The van der Waals surface area contributed by atoms with Gasteiger partial charge in [0.2, 0.25) is 0 Å². The Balaban J connectivity index is 1.84. The fraction of sp³-hybridized carbons (Fsp3) is 0.179. The summed E-state index contributed by atoms with van der Waals surface area (Å²) >= 11 is 0. The van der Waals surface area contributed by atoms with Crippen molar-refractivity contribution in [1.82, 2.24) is 9.97 Å². The summed E-state index contributed by atoms with van der Waals surface area (Å²) in [6, 6.07) is 18.1. The monoisotopic (exact) mass is 502 g/mol. The molecule has 0 atom stereocenters. The number of rotatable bonds is 6. The molecular weight excluding hydrogens is 476 g/mol. The minimum Gasteiger partial charge on any atom is -0.465 e. The maximum atomic E-state index is 13.6. The molecule has 0 fully saturated rings. The molecule has 0 spiro atoms. The summed E-state index contributed by atoms with van der Waals surface area (Å²) in [4.78, 5) is 18.3. The number of carbonyl (C=O) groups is 1. The molecule has 0 aliphatic carbocycles. The van der Waals surface area contributed by atoms with E-state index in [9.17, 15) is 17.8 Å². The molecule has 7 nitrogen and oxygen atoms in total. The highest BCUT2D eigenvalue weighted by Crippen LogP contribution is 2.46. The van der Waals surface area contributed by atoms with Crippen LogP contribution in [0.2, 0.25) is 0 Å². The molecule has 0 saturated heterocycles. The van der Waals surface area contributed by atoms with Crippen LogP contribution >= 0.6 is 0 Å². The number of fused-ring (bicyclic) bond motifs is 2. The number of H-pyrrole nitrogens is 2. The second-order valence-electron chi connectivity index (χ2n) is 9.17. The number of aryl methyl sites for hydroxylation is 2. The fourth-order valence-corrected chi connectivity index (χ4v) is 6.25. The van der Waals surface area contributed by atoms with Gasteiger partial charge in [-0.3, -0.25) is 4.55 Å². The van der Waals surface area contributed by atoms with Gasteiger partial charge in [-0.15, -0.1) is 0 Å². The average Bonchev–Trinajstić information content (AvgIpc) is 3.46. The lowest BCUT2D eigenvalue weighted by atomic mass is 9.84. The van der Waals surface area contributed by atoms with Crippen LogP contribution in [0.1, 0.15) is 38.2 Å². The number of aromatic amines is 2. The number of nitrogens with one attached hydrogen (secondary N) is 2. The zero-order chi connectivity index (χ0) is 25.7. The number of ether oxygens (including phenoxy) is 1. The van der Waals surface area contributed by atoms with E-state index in [0.29, 0.717) is 33.0 Å². The Morgan fingerprint density at radius 3 is 1.81 bits per heavy atom. The summed E-state index contributed by atoms with van der Waals surface area (Å²) in [5.41, 5.74) is 5.33. The Hall–Kier alpha value is -3.88. The van der Waals surface area contributed by atoms with Crippen molar-refractivity contribution < 1.29 is 22.5 Å². The molecule has 2 aromatic heterocycles. The molecular formula is C28H26N2O5S. The maximum Gasteiger partial charge on any atom is 0.337 e. The summed E-state index contributed by atoms with van der Waals surface area (Å²) in [7, 11) is -3.44. The summed E-state index contributed by atoms with van der Waals surface area (Å²) in [5, 5.41) is 1.42. The molecule has 0 saturated carbocycles. The number of benzene rings is 3. The van der Waals surface area contributed by atoms with Gasteiger partial charge in [-0.1, -0.05) is 35.4 Å². The molecule has 184 valence electrons. The van der Waals surface area contributed by atoms with Gasteiger partial charge in [-0.2, -0.15) is 8.42 Å². The van der Waals surface area contributed by atoms with Crippen LogP contribution in [0, 0.1) is 13.8 Å². The van der Waals surface area contributed by atoms with E-state index in [2.05, 4.69) is 9.97 Å². The average molecular weight is 503 g/mol. The highest BCUT2D eigenvalue weighted by atomic mass is 32.2. The first-order chi connectivity index (χ1) is 17.1. The van der Waals surface area contributed by atoms with E-state index < -0.39 is 20.8 Å². The van der Waals surface area contributed by atoms with Gasteiger partial charge >= 0.3 is 5.97 Å². The molecule has 3 N–H and O–H groups in total. The molecule has 0 aliphatic rings. The van der Waals surface area contributed by atoms with Crippen LogP contribution in [-0.4, -0.2) is 36.0 Å². The van der Waals surface area contributed by atoms with Crippen molar-refractivity contribution in [1.29, 1.82) is 0 Å². The van der Waals surface area contributed by atoms with Gasteiger partial charge in [0, 0.05) is 51.7 Å². The summed E-state index contributed by atoms with van der Waals surface area (Å²) in [6.07, 6.45) is 3.26. The SMILES string of the molecule is COC(=O)c1ccc(CC(c2c[nH]c3ccc(C)cc23)(c2c[nH]c3ccc(C)cc23)S(=O)(=O)O)cc1. The lowest BCUT2D eigenvalue weighted by Gasteiger charge is -2.31. The van der Waals surface area contributed by atoms with Crippen LogP contribution in [0.3, 0.4) is 0 Å². The molecule has 3 aromatic carbocycles. The van der Waals surface area contributed by atoms with Gasteiger partial charge in [0.1, 0.15) is 0 Å². The van der Waals surface area contributed by atoms with Crippen molar-refractivity contribution in [3.63, 3.8) is 0 Å². The van der Waals surface area contributed by atoms with E-state index in [1.807, 2.05) is 50.2 Å². The zero-order valence-electron chi connectivity index (χ0n) is 20.1. The minimum atomic E-state index is -4.74. The van der Waals surface area contributed by atoms with Gasteiger partial charge in [-0.25, -0.2) is 4.79 Å². The maximum absolute atomic E-state index is 13.6. The largest absolute Gasteiger partial charge is 0.465 e. The molecule has 0 radical (unpaired) electrons. The predicted molar refractivity (Wildman–Crippen MR) is 140 cm³/mol. The molecule has 36 heavy (non-hydrogen) atoms. The van der Waals surface area contributed by atoms with E-state index in [1.54, 1.807) is 36.7 Å². The number of esters is 1. The van der Waals surface area contributed by atoms with E-state index in [-0.39, 0.29) is 6.42 Å². The quantitative estimate of drug-likeness (QED) is 0.212. The highest BCUT2D eigenvalue weighted by molar-refractivity contribution is 7.87. The van der Waals surface area contributed by atoms with Gasteiger partial charge < -0.3 is 14.7 Å². The van der Waals surface area contributed by atoms with Crippen molar-refractivity contribution >= 4 is 37.9 Å². The first-order valence-electron chi connectivity index (χ1n) is 11.4. The van der Waals surface area contributed by atoms with Crippen molar-refractivity contribution in [2.75, 3.05) is 7.11 Å². The fourth-order valence-electron chi connectivity index (χ4n) is 5.01. The van der Waals surface area contributed by atoms with Gasteiger partial charge in [0.25, 0.3) is 10.1 Å². The Kier molecular flexibility index (Phi) is 5.73. The molecule has 5 aromatic rings. The van der Waals surface area contributed by atoms with Crippen LogP contribution in [0.5, 0.6) is 0 Å². The van der Waals surface area contributed by atoms with Crippen LogP contribution < -0.4 is 0 Å².